The Kier molecular flexibility index (Phi) is 5.44. The molecule has 3 aromatic carbocycles. The Hall–Kier alpha value is -3.73. The monoisotopic (exact) mass is 397 g/mol. The minimum absolute atomic E-state index is 0.0443. The van der Waals surface area contributed by atoms with Crippen molar-refractivity contribution in [2.45, 2.75) is 26.2 Å². The van der Waals surface area contributed by atoms with Crippen LogP contribution in [0.15, 0.2) is 83.7 Å². The molecule has 1 N–H and O–H groups in total. The highest BCUT2D eigenvalue weighted by Crippen LogP contribution is 2.22. The van der Waals surface area contributed by atoms with Crippen LogP contribution >= 0.6 is 0 Å². The quantitative estimate of drug-likeness (QED) is 0.525. The van der Waals surface area contributed by atoms with Gasteiger partial charge in [0, 0.05) is 5.69 Å². The molecular formula is C25H23N3O2. The van der Waals surface area contributed by atoms with Crippen molar-refractivity contribution in [1.29, 1.82) is 0 Å². The van der Waals surface area contributed by atoms with Crippen molar-refractivity contribution in [3.05, 3.63) is 101 Å². The van der Waals surface area contributed by atoms with Crippen molar-refractivity contribution in [2.75, 3.05) is 5.32 Å². The largest absolute Gasteiger partial charge is 0.326 e. The molecule has 1 amide bonds. The van der Waals surface area contributed by atoms with E-state index in [1.165, 1.54) is 0 Å². The topological polar surface area (TPSA) is 64.0 Å². The average Bonchev–Trinajstić information content (AvgIpc) is 2.76. The average molecular weight is 397 g/mol. The number of benzene rings is 3. The van der Waals surface area contributed by atoms with Gasteiger partial charge in [-0.3, -0.25) is 14.2 Å². The first-order chi connectivity index (χ1) is 14.6. The fraction of sp³-hybridized carbons (Fsp3) is 0.160. The summed E-state index contributed by atoms with van der Waals surface area (Å²) in [6, 6.07) is 24.4. The zero-order chi connectivity index (χ0) is 21.1. The molecule has 5 heteroatoms. The molecule has 0 bridgehead atoms. The lowest BCUT2D eigenvalue weighted by Crippen LogP contribution is -2.22. The molecule has 0 saturated carbocycles. The summed E-state index contributed by atoms with van der Waals surface area (Å²) < 4.78 is 1.59. The summed E-state index contributed by atoms with van der Waals surface area (Å²) in [4.78, 5) is 30.3. The van der Waals surface area contributed by atoms with Crippen LogP contribution in [0.2, 0.25) is 0 Å². The van der Waals surface area contributed by atoms with Gasteiger partial charge in [-0.15, -0.1) is 0 Å². The van der Waals surface area contributed by atoms with Gasteiger partial charge < -0.3 is 5.32 Å². The van der Waals surface area contributed by atoms with Crippen molar-refractivity contribution in [1.82, 2.24) is 9.55 Å². The smallest absolute Gasteiger partial charge is 0.265 e. The van der Waals surface area contributed by atoms with Crippen molar-refractivity contribution in [3.63, 3.8) is 0 Å². The van der Waals surface area contributed by atoms with Gasteiger partial charge in [-0.25, -0.2) is 4.98 Å². The summed E-state index contributed by atoms with van der Waals surface area (Å²) in [6.07, 6.45) is 0.714. The first-order valence-corrected chi connectivity index (χ1v) is 10.0. The Morgan fingerprint density at radius 3 is 2.33 bits per heavy atom. The van der Waals surface area contributed by atoms with Crippen LogP contribution in [-0.4, -0.2) is 15.5 Å². The van der Waals surface area contributed by atoms with Gasteiger partial charge in [0.25, 0.3) is 5.56 Å². The SMILES string of the molecule is CC[C@H](C(=O)Nc1ccc(-n2c(C)nc3ccccc3c2=O)cc1)c1ccccc1. The molecule has 0 radical (unpaired) electrons. The van der Waals surface area contributed by atoms with E-state index in [-0.39, 0.29) is 17.4 Å². The third kappa shape index (κ3) is 3.74. The summed E-state index contributed by atoms with van der Waals surface area (Å²) in [5.41, 5.74) is 2.98. The summed E-state index contributed by atoms with van der Waals surface area (Å²) in [5, 5.41) is 3.56. The van der Waals surface area contributed by atoms with Crippen molar-refractivity contribution in [2.24, 2.45) is 0 Å². The number of hydrogen-bond acceptors (Lipinski definition) is 3. The summed E-state index contributed by atoms with van der Waals surface area (Å²) in [7, 11) is 0. The molecule has 0 fully saturated rings. The first-order valence-electron chi connectivity index (χ1n) is 10.0. The van der Waals surface area contributed by atoms with Gasteiger partial charge in [0.2, 0.25) is 5.91 Å². The van der Waals surface area contributed by atoms with Gasteiger partial charge in [-0.2, -0.15) is 0 Å². The maximum Gasteiger partial charge on any atom is 0.265 e. The van der Waals surface area contributed by atoms with E-state index in [4.69, 9.17) is 0 Å². The normalized spacial score (nSPS) is 11.9. The maximum atomic E-state index is 13.0. The van der Waals surface area contributed by atoms with E-state index in [1.807, 2.05) is 86.6 Å². The standard InChI is InChI=1S/C25H23N3O2/c1-3-21(18-9-5-4-6-10-18)24(29)27-19-13-15-20(16-14-19)28-17(2)26-23-12-8-7-11-22(23)25(28)30/h4-16,21H,3H2,1-2H3,(H,27,29)/t21-/m0/s1. The number of para-hydroxylation sites is 1. The molecular weight excluding hydrogens is 374 g/mol. The van der Waals surface area contributed by atoms with Crippen molar-refractivity contribution < 1.29 is 4.79 Å². The van der Waals surface area contributed by atoms with E-state index in [9.17, 15) is 9.59 Å². The van der Waals surface area contributed by atoms with Crippen LogP contribution < -0.4 is 10.9 Å². The maximum absolute atomic E-state index is 13.0. The summed E-state index contributed by atoms with van der Waals surface area (Å²) in [5.74, 6) is 0.364. The Labute approximate surface area is 175 Å². The molecule has 4 aromatic rings. The molecule has 1 aromatic heterocycles. The Bertz CT molecular complexity index is 1250. The minimum atomic E-state index is -0.208. The third-order valence-corrected chi connectivity index (χ3v) is 5.26. The predicted octanol–water partition coefficient (Wildman–Crippen LogP) is 4.83. The molecule has 0 saturated heterocycles. The lowest BCUT2D eigenvalue weighted by atomic mass is 9.95. The molecule has 0 spiro atoms. The van der Waals surface area contributed by atoms with Gasteiger partial charge in [0.1, 0.15) is 5.82 Å². The molecule has 4 rings (SSSR count). The van der Waals surface area contributed by atoms with E-state index >= 15 is 0 Å². The highest BCUT2D eigenvalue weighted by molar-refractivity contribution is 5.95. The minimum Gasteiger partial charge on any atom is -0.326 e. The summed E-state index contributed by atoms with van der Waals surface area (Å²) >= 11 is 0. The molecule has 150 valence electrons. The van der Waals surface area contributed by atoms with Crippen LogP contribution in [0.1, 0.15) is 30.7 Å². The summed E-state index contributed by atoms with van der Waals surface area (Å²) in [6.45, 7) is 3.82. The lowest BCUT2D eigenvalue weighted by molar-refractivity contribution is -0.117. The van der Waals surface area contributed by atoms with Crippen LogP contribution in [0, 0.1) is 6.92 Å². The Morgan fingerprint density at radius 2 is 1.63 bits per heavy atom. The fourth-order valence-electron chi connectivity index (χ4n) is 3.73. The second-order valence-electron chi connectivity index (χ2n) is 7.22. The Balaban J connectivity index is 1.60. The molecule has 0 aliphatic rings. The number of nitrogens with zero attached hydrogens (tertiary/aromatic N) is 2. The number of anilines is 1. The number of aryl methyl sites for hydroxylation is 1. The molecule has 1 heterocycles. The van der Waals surface area contributed by atoms with Gasteiger partial charge in [0.15, 0.2) is 0 Å². The highest BCUT2D eigenvalue weighted by atomic mass is 16.2. The Morgan fingerprint density at radius 1 is 0.967 bits per heavy atom. The van der Waals surface area contributed by atoms with Gasteiger partial charge in [-0.1, -0.05) is 49.4 Å². The van der Waals surface area contributed by atoms with Crippen LogP contribution in [0.3, 0.4) is 0 Å². The van der Waals surface area contributed by atoms with Gasteiger partial charge in [-0.05, 0) is 55.3 Å². The van der Waals surface area contributed by atoms with E-state index in [0.717, 1.165) is 5.56 Å². The van der Waals surface area contributed by atoms with Crippen LogP contribution in [-0.2, 0) is 4.79 Å². The van der Waals surface area contributed by atoms with Crippen molar-refractivity contribution >= 4 is 22.5 Å². The first kappa shape index (κ1) is 19.6. The number of aromatic nitrogens is 2. The number of hydrogen-bond donors (Lipinski definition) is 1. The molecule has 0 aliphatic carbocycles. The number of rotatable bonds is 5. The number of carbonyl (C=O) groups excluding carboxylic acids is 1. The van der Waals surface area contributed by atoms with Crippen LogP contribution in [0.25, 0.3) is 16.6 Å². The number of nitrogens with one attached hydrogen (secondary N) is 1. The van der Waals surface area contributed by atoms with Gasteiger partial charge >= 0.3 is 0 Å². The zero-order valence-corrected chi connectivity index (χ0v) is 17.0. The van der Waals surface area contributed by atoms with Crippen molar-refractivity contribution in [3.8, 4) is 5.69 Å². The van der Waals surface area contributed by atoms with E-state index < -0.39 is 0 Å². The number of fused-ring (bicyclic) bond motifs is 1. The molecule has 0 aliphatic heterocycles. The van der Waals surface area contributed by atoms with Crippen LogP contribution in [0.5, 0.6) is 0 Å². The molecule has 1 atom stereocenters. The number of amides is 1. The van der Waals surface area contributed by atoms with E-state index in [1.54, 1.807) is 10.6 Å². The molecule has 5 nitrogen and oxygen atoms in total. The third-order valence-electron chi connectivity index (χ3n) is 5.26. The van der Waals surface area contributed by atoms with Crippen LogP contribution in [0.4, 0.5) is 5.69 Å². The zero-order valence-electron chi connectivity index (χ0n) is 17.0. The second kappa shape index (κ2) is 8.33. The molecule has 0 unspecified atom stereocenters. The fourth-order valence-corrected chi connectivity index (χ4v) is 3.73. The van der Waals surface area contributed by atoms with E-state index in [2.05, 4.69) is 10.3 Å². The van der Waals surface area contributed by atoms with Gasteiger partial charge in [0.05, 0.1) is 22.5 Å². The highest BCUT2D eigenvalue weighted by Gasteiger charge is 2.18. The lowest BCUT2D eigenvalue weighted by Gasteiger charge is -2.16. The molecule has 30 heavy (non-hydrogen) atoms. The second-order valence-corrected chi connectivity index (χ2v) is 7.22. The predicted molar refractivity (Wildman–Crippen MR) is 120 cm³/mol. The number of carbonyl (C=O) groups is 1. The van der Waals surface area contributed by atoms with E-state index in [0.29, 0.717) is 34.5 Å².